The number of nitrogens with one attached hydrogen (secondary N) is 1. The van der Waals surface area contributed by atoms with Crippen molar-refractivity contribution < 1.29 is 9.90 Å². The number of aliphatic hydroxyl groups is 1. The van der Waals surface area contributed by atoms with Crippen molar-refractivity contribution in [2.24, 2.45) is 0 Å². The van der Waals surface area contributed by atoms with Crippen molar-refractivity contribution in [2.45, 2.75) is 6.92 Å². The van der Waals surface area contributed by atoms with E-state index in [1.165, 1.54) is 0 Å². The number of carbonyl (C=O) groups is 1. The second-order valence-corrected chi connectivity index (χ2v) is 5.16. The van der Waals surface area contributed by atoms with Crippen LogP contribution < -0.4 is 5.32 Å². The van der Waals surface area contributed by atoms with Crippen molar-refractivity contribution in [1.29, 1.82) is 0 Å². The summed E-state index contributed by atoms with van der Waals surface area (Å²) in [5, 5.41) is 11.9. The van der Waals surface area contributed by atoms with E-state index >= 15 is 0 Å². The highest BCUT2D eigenvalue weighted by Gasteiger charge is 2.17. The first-order valence-corrected chi connectivity index (χ1v) is 7.10. The molecule has 2 N–H and O–H groups in total. The highest BCUT2D eigenvalue weighted by molar-refractivity contribution is 5.95. The molecule has 1 aliphatic rings. The first-order chi connectivity index (χ1) is 9.70. The van der Waals surface area contributed by atoms with Crippen LogP contribution in [0.1, 0.15) is 15.9 Å². The first-order valence-electron chi connectivity index (χ1n) is 7.10. The van der Waals surface area contributed by atoms with Gasteiger partial charge in [-0.25, -0.2) is 0 Å². The van der Waals surface area contributed by atoms with E-state index in [-0.39, 0.29) is 12.5 Å². The molecule has 0 bridgehead atoms. The quantitative estimate of drug-likeness (QED) is 0.812. The Labute approximate surface area is 120 Å². The molecule has 0 spiro atoms. The molecular weight excluding hydrogens is 254 g/mol. The number of aliphatic hydroxyl groups excluding tert-OH is 1. The summed E-state index contributed by atoms with van der Waals surface area (Å²) in [6, 6.07) is 7.62. The van der Waals surface area contributed by atoms with Crippen molar-refractivity contribution in [3.05, 3.63) is 35.4 Å². The molecule has 0 unspecified atom stereocenters. The highest BCUT2D eigenvalue weighted by atomic mass is 16.3. The third kappa shape index (κ3) is 4.03. The summed E-state index contributed by atoms with van der Waals surface area (Å²) >= 11 is 0. The summed E-state index contributed by atoms with van der Waals surface area (Å²) in [6.45, 7) is 7.22. The molecule has 0 radical (unpaired) electrons. The van der Waals surface area contributed by atoms with Crippen LogP contribution in [0.25, 0.3) is 0 Å². The Morgan fingerprint density at radius 3 is 2.50 bits per heavy atom. The zero-order valence-electron chi connectivity index (χ0n) is 12.0. The van der Waals surface area contributed by atoms with E-state index in [0.29, 0.717) is 6.67 Å². The second-order valence-electron chi connectivity index (χ2n) is 5.16. The van der Waals surface area contributed by atoms with Gasteiger partial charge in [-0.3, -0.25) is 14.6 Å². The van der Waals surface area contributed by atoms with Gasteiger partial charge in [0.1, 0.15) is 0 Å². The van der Waals surface area contributed by atoms with Gasteiger partial charge in [-0.2, -0.15) is 0 Å². The topological polar surface area (TPSA) is 55.8 Å². The Kier molecular flexibility index (Phi) is 5.52. The van der Waals surface area contributed by atoms with Crippen molar-refractivity contribution in [3.8, 4) is 0 Å². The van der Waals surface area contributed by atoms with Crippen LogP contribution in [0.4, 0.5) is 0 Å². The van der Waals surface area contributed by atoms with E-state index in [1.54, 1.807) is 0 Å². The molecule has 2 rings (SSSR count). The zero-order chi connectivity index (χ0) is 14.4. The fourth-order valence-electron chi connectivity index (χ4n) is 2.42. The van der Waals surface area contributed by atoms with Crippen molar-refractivity contribution in [3.63, 3.8) is 0 Å². The number of nitrogens with zero attached hydrogens (tertiary/aromatic N) is 2. The largest absolute Gasteiger partial charge is 0.395 e. The molecule has 1 aromatic carbocycles. The molecule has 0 aromatic heterocycles. The number of amides is 1. The molecule has 0 aliphatic carbocycles. The molecule has 0 atom stereocenters. The van der Waals surface area contributed by atoms with Gasteiger partial charge in [0.25, 0.3) is 5.91 Å². The fourth-order valence-corrected chi connectivity index (χ4v) is 2.42. The van der Waals surface area contributed by atoms with Crippen LogP contribution in [-0.2, 0) is 0 Å². The Morgan fingerprint density at radius 2 is 1.85 bits per heavy atom. The molecular formula is C15H23N3O2. The van der Waals surface area contributed by atoms with Crippen LogP contribution in [0, 0.1) is 6.92 Å². The third-order valence-corrected chi connectivity index (χ3v) is 3.73. The SMILES string of the molecule is Cc1ccccc1C(=O)NCN1CCN(CCO)CC1. The Bertz CT molecular complexity index is 442. The van der Waals surface area contributed by atoms with Crippen molar-refractivity contribution in [1.82, 2.24) is 15.1 Å². The van der Waals surface area contributed by atoms with Gasteiger partial charge in [-0.1, -0.05) is 18.2 Å². The van der Waals surface area contributed by atoms with Crippen LogP contribution in [0.15, 0.2) is 24.3 Å². The number of carbonyl (C=O) groups excluding carboxylic acids is 1. The van der Waals surface area contributed by atoms with E-state index in [2.05, 4.69) is 15.1 Å². The van der Waals surface area contributed by atoms with Crippen molar-refractivity contribution >= 4 is 5.91 Å². The normalized spacial score (nSPS) is 17.1. The van der Waals surface area contributed by atoms with E-state index in [1.807, 2.05) is 31.2 Å². The number of β-amino-alcohol motifs (C(OH)–C–C–N with tert-alkyl or cyclic N) is 1. The monoisotopic (exact) mass is 277 g/mol. The number of rotatable bonds is 5. The predicted molar refractivity (Wildman–Crippen MR) is 78.6 cm³/mol. The van der Waals surface area contributed by atoms with Crippen LogP contribution in [0.2, 0.25) is 0 Å². The number of aryl methyl sites for hydroxylation is 1. The summed E-state index contributed by atoms with van der Waals surface area (Å²) in [5.41, 5.74) is 1.74. The lowest BCUT2D eigenvalue weighted by Gasteiger charge is -2.34. The molecule has 1 amide bonds. The van der Waals surface area contributed by atoms with Gasteiger partial charge in [-0.05, 0) is 18.6 Å². The Balaban J connectivity index is 1.76. The van der Waals surface area contributed by atoms with Gasteiger partial charge in [0.2, 0.25) is 0 Å². The van der Waals surface area contributed by atoms with Gasteiger partial charge < -0.3 is 10.4 Å². The summed E-state index contributed by atoms with van der Waals surface area (Å²) in [4.78, 5) is 16.6. The molecule has 1 heterocycles. The van der Waals surface area contributed by atoms with Crippen LogP contribution in [0.3, 0.4) is 0 Å². The molecule has 1 aromatic rings. The second kappa shape index (κ2) is 7.38. The lowest BCUT2D eigenvalue weighted by molar-refractivity contribution is 0.0847. The van der Waals surface area contributed by atoms with E-state index < -0.39 is 0 Å². The Hall–Kier alpha value is -1.43. The van der Waals surface area contributed by atoms with Gasteiger partial charge in [-0.15, -0.1) is 0 Å². The zero-order valence-corrected chi connectivity index (χ0v) is 12.0. The highest BCUT2D eigenvalue weighted by Crippen LogP contribution is 2.06. The number of hydrogen-bond acceptors (Lipinski definition) is 4. The minimum Gasteiger partial charge on any atom is -0.395 e. The summed E-state index contributed by atoms with van der Waals surface area (Å²) in [7, 11) is 0. The summed E-state index contributed by atoms with van der Waals surface area (Å²) < 4.78 is 0. The first kappa shape index (κ1) is 15.0. The van der Waals surface area contributed by atoms with Crippen LogP contribution >= 0.6 is 0 Å². The molecule has 110 valence electrons. The third-order valence-electron chi connectivity index (χ3n) is 3.73. The molecule has 1 aliphatic heterocycles. The molecule has 20 heavy (non-hydrogen) atoms. The summed E-state index contributed by atoms with van der Waals surface area (Å²) in [5.74, 6) is -0.0131. The van der Waals surface area contributed by atoms with Crippen LogP contribution in [-0.4, -0.2) is 66.8 Å². The molecule has 1 fully saturated rings. The molecule has 0 saturated carbocycles. The van der Waals surface area contributed by atoms with Gasteiger partial charge in [0.15, 0.2) is 0 Å². The number of benzene rings is 1. The number of piperazine rings is 1. The van der Waals surface area contributed by atoms with Gasteiger partial charge >= 0.3 is 0 Å². The maximum Gasteiger partial charge on any atom is 0.252 e. The fraction of sp³-hybridized carbons (Fsp3) is 0.533. The van der Waals surface area contributed by atoms with E-state index in [0.717, 1.165) is 43.9 Å². The average molecular weight is 277 g/mol. The Morgan fingerprint density at radius 1 is 1.20 bits per heavy atom. The summed E-state index contributed by atoms with van der Waals surface area (Å²) in [6.07, 6.45) is 0. The number of hydrogen-bond donors (Lipinski definition) is 2. The maximum absolute atomic E-state index is 12.1. The predicted octanol–water partition coefficient (Wildman–Crippen LogP) is 0.292. The van der Waals surface area contributed by atoms with Crippen molar-refractivity contribution in [2.75, 3.05) is 46.0 Å². The van der Waals surface area contributed by atoms with Crippen LogP contribution in [0.5, 0.6) is 0 Å². The minimum absolute atomic E-state index is 0.0131. The van der Waals surface area contributed by atoms with Gasteiger partial charge in [0.05, 0.1) is 13.3 Å². The smallest absolute Gasteiger partial charge is 0.252 e. The minimum atomic E-state index is -0.0131. The maximum atomic E-state index is 12.1. The lowest BCUT2D eigenvalue weighted by atomic mass is 10.1. The average Bonchev–Trinajstić information content (AvgIpc) is 2.47. The standard InChI is InChI=1S/C15H23N3O2/c1-13-4-2-3-5-14(13)15(20)16-12-18-8-6-17(7-9-18)10-11-19/h2-5,19H,6-12H2,1H3,(H,16,20). The molecule has 1 saturated heterocycles. The molecule has 5 heteroatoms. The molecule has 5 nitrogen and oxygen atoms in total. The van der Waals surface area contributed by atoms with E-state index in [9.17, 15) is 4.79 Å². The lowest BCUT2D eigenvalue weighted by Crippen LogP contribution is -2.50. The van der Waals surface area contributed by atoms with E-state index in [4.69, 9.17) is 5.11 Å². The van der Waals surface area contributed by atoms with Gasteiger partial charge in [0, 0.05) is 38.3 Å².